The third-order valence-electron chi connectivity index (χ3n) is 4.83. The minimum Gasteiger partial charge on any atom is -0.315 e. The first-order valence-electron chi connectivity index (χ1n) is 7.71. The Bertz CT molecular complexity index is 470. The van der Waals surface area contributed by atoms with E-state index in [1.165, 1.54) is 31.2 Å². The molecule has 108 valence electrons. The Labute approximate surface area is 121 Å². The van der Waals surface area contributed by atoms with Gasteiger partial charge in [0, 0.05) is 31.2 Å². The fourth-order valence-electron chi connectivity index (χ4n) is 3.64. The van der Waals surface area contributed by atoms with Crippen molar-refractivity contribution in [1.82, 2.24) is 5.32 Å². The highest BCUT2D eigenvalue weighted by atomic mass is 16.2. The van der Waals surface area contributed by atoms with E-state index in [1.54, 1.807) is 0 Å². The molecule has 3 heteroatoms. The SMILES string of the molecule is Cc1ccc(N(C)C(=O)CC2CC3CCC(C2)N3)cc1. The zero-order valence-electron chi connectivity index (χ0n) is 12.4. The monoisotopic (exact) mass is 272 g/mol. The minimum absolute atomic E-state index is 0.250. The highest BCUT2D eigenvalue weighted by Crippen LogP contribution is 2.33. The summed E-state index contributed by atoms with van der Waals surface area (Å²) in [6, 6.07) is 9.50. The Kier molecular flexibility index (Phi) is 3.79. The number of hydrogen-bond acceptors (Lipinski definition) is 2. The van der Waals surface area contributed by atoms with E-state index < -0.39 is 0 Å². The van der Waals surface area contributed by atoms with Crippen molar-refractivity contribution < 1.29 is 4.79 Å². The van der Waals surface area contributed by atoms with Crippen LogP contribution in [0.15, 0.2) is 24.3 Å². The van der Waals surface area contributed by atoms with Gasteiger partial charge in [0.1, 0.15) is 0 Å². The van der Waals surface area contributed by atoms with Crippen LogP contribution in [0.2, 0.25) is 0 Å². The van der Waals surface area contributed by atoms with Gasteiger partial charge in [0.2, 0.25) is 5.91 Å². The quantitative estimate of drug-likeness (QED) is 0.917. The molecular formula is C17H24N2O. The molecule has 1 aromatic rings. The van der Waals surface area contributed by atoms with Crippen molar-refractivity contribution in [2.24, 2.45) is 5.92 Å². The maximum absolute atomic E-state index is 12.4. The van der Waals surface area contributed by atoms with E-state index in [-0.39, 0.29) is 5.91 Å². The van der Waals surface area contributed by atoms with Crippen LogP contribution >= 0.6 is 0 Å². The molecule has 2 heterocycles. The minimum atomic E-state index is 0.250. The van der Waals surface area contributed by atoms with Crippen LogP contribution in [0, 0.1) is 12.8 Å². The molecule has 0 aromatic heterocycles. The van der Waals surface area contributed by atoms with Crippen LogP contribution in [0.4, 0.5) is 5.69 Å². The normalized spacial score (nSPS) is 28.4. The summed E-state index contributed by atoms with van der Waals surface area (Å²) in [4.78, 5) is 14.2. The number of anilines is 1. The number of hydrogen-bond donors (Lipinski definition) is 1. The Morgan fingerprint density at radius 3 is 2.40 bits per heavy atom. The van der Waals surface area contributed by atoms with E-state index in [0.29, 0.717) is 24.4 Å². The van der Waals surface area contributed by atoms with Crippen LogP contribution in [-0.2, 0) is 4.79 Å². The summed E-state index contributed by atoms with van der Waals surface area (Å²) in [5, 5.41) is 3.64. The molecule has 2 aliphatic heterocycles. The molecule has 0 radical (unpaired) electrons. The van der Waals surface area contributed by atoms with Crippen molar-refractivity contribution in [3.8, 4) is 0 Å². The van der Waals surface area contributed by atoms with E-state index >= 15 is 0 Å². The highest BCUT2D eigenvalue weighted by Gasteiger charge is 2.34. The molecule has 2 bridgehead atoms. The summed E-state index contributed by atoms with van der Waals surface area (Å²) in [7, 11) is 1.89. The lowest BCUT2D eigenvalue weighted by Crippen LogP contribution is -2.40. The fraction of sp³-hybridized carbons (Fsp3) is 0.588. The van der Waals surface area contributed by atoms with Gasteiger partial charge in [0.25, 0.3) is 0 Å². The van der Waals surface area contributed by atoms with Gasteiger partial charge in [-0.2, -0.15) is 0 Å². The maximum atomic E-state index is 12.4. The molecule has 0 aliphatic carbocycles. The number of nitrogens with one attached hydrogen (secondary N) is 1. The Balaban J connectivity index is 1.60. The van der Waals surface area contributed by atoms with E-state index in [9.17, 15) is 4.79 Å². The number of fused-ring (bicyclic) bond motifs is 2. The molecule has 1 N–H and O–H groups in total. The molecule has 2 saturated heterocycles. The van der Waals surface area contributed by atoms with Gasteiger partial charge >= 0.3 is 0 Å². The highest BCUT2D eigenvalue weighted by molar-refractivity contribution is 5.92. The summed E-state index contributed by atoms with van der Waals surface area (Å²) < 4.78 is 0. The van der Waals surface area contributed by atoms with Crippen molar-refractivity contribution in [2.45, 2.75) is 51.1 Å². The average molecular weight is 272 g/mol. The van der Waals surface area contributed by atoms with Crippen LogP contribution in [0.5, 0.6) is 0 Å². The van der Waals surface area contributed by atoms with E-state index in [2.05, 4.69) is 24.4 Å². The number of piperidine rings is 1. The molecule has 1 amide bonds. The fourth-order valence-corrected chi connectivity index (χ4v) is 3.64. The zero-order valence-corrected chi connectivity index (χ0v) is 12.4. The van der Waals surface area contributed by atoms with E-state index in [1.807, 2.05) is 24.1 Å². The molecule has 0 spiro atoms. The molecule has 2 aliphatic rings. The Morgan fingerprint density at radius 1 is 1.20 bits per heavy atom. The predicted molar refractivity (Wildman–Crippen MR) is 81.9 cm³/mol. The van der Waals surface area contributed by atoms with Crippen molar-refractivity contribution in [3.05, 3.63) is 29.8 Å². The summed E-state index contributed by atoms with van der Waals surface area (Å²) in [5.74, 6) is 0.814. The van der Waals surface area contributed by atoms with Gasteiger partial charge in [0.15, 0.2) is 0 Å². The van der Waals surface area contributed by atoms with Crippen LogP contribution in [0.3, 0.4) is 0 Å². The number of amides is 1. The zero-order chi connectivity index (χ0) is 14.1. The van der Waals surface area contributed by atoms with E-state index in [0.717, 1.165) is 5.69 Å². The first kappa shape index (κ1) is 13.6. The maximum Gasteiger partial charge on any atom is 0.226 e. The van der Waals surface area contributed by atoms with Gasteiger partial charge in [-0.1, -0.05) is 17.7 Å². The lowest BCUT2D eigenvalue weighted by molar-refractivity contribution is -0.119. The van der Waals surface area contributed by atoms with Gasteiger partial charge in [0.05, 0.1) is 0 Å². The third-order valence-corrected chi connectivity index (χ3v) is 4.83. The first-order chi connectivity index (χ1) is 9.61. The summed E-state index contributed by atoms with van der Waals surface area (Å²) in [6.45, 7) is 2.07. The standard InChI is InChI=1S/C17H24N2O/c1-12-3-7-16(8-4-12)19(2)17(20)11-13-9-14-5-6-15(10-13)18-14/h3-4,7-8,13-15,18H,5-6,9-11H2,1-2H3. The van der Waals surface area contributed by atoms with Gasteiger partial charge in [-0.05, 0) is 50.7 Å². The van der Waals surface area contributed by atoms with Crippen molar-refractivity contribution in [3.63, 3.8) is 0 Å². The summed E-state index contributed by atoms with van der Waals surface area (Å²) in [5.41, 5.74) is 2.22. The van der Waals surface area contributed by atoms with Crippen molar-refractivity contribution in [1.29, 1.82) is 0 Å². The van der Waals surface area contributed by atoms with Crippen molar-refractivity contribution >= 4 is 11.6 Å². The van der Waals surface area contributed by atoms with Gasteiger partial charge in [-0.25, -0.2) is 0 Å². The first-order valence-corrected chi connectivity index (χ1v) is 7.71. The number of benzene rings is 1. The second-order valence-corrected chi connectivity index (χ2v) is 6.47. The summed E-state index contributed by atoms with van der Waals surface area (Å²) in [6.07, 6.45) is 5.62. The van der Waals surface area contributed by atoms with Gasteiger partial charge in [-0.15, -0.1) is 0 Å². The molecule has 20 heavy (non-hydrogen) atoms. The van der Waals surface area contributed by atoms with Gasteiger partial charge in [-0.3, -0.25) is 4.79 Å². The van der Waals surface area contributed by atoms with Crippen molar-refractivity contribution in [2.75, 3.05) is 11.9 Å². The molecule has 2 atom stereocenters. The summed E-state index contributed by atoms with van der Waals surface area (Å²) >= 11 is 0. The molecule has 0 saturated carbocycles. The lowest BCUT2D eigenvalue weighted by atomic mass is 9.89. The Morgan fingerprint density at radius 2 is 1.80 bits per heavy atom. The number of carbonyl (C=O) groups is 1. The number of rotatable bonds is 3. The van der Waals surface area contributed by atoms with Crippen LogP contribution in [0.1, 0.15) is 37.7 Å². The number of aryl methyl sites for hydroxylation is 1. The molecular weight excluding hydrogens is 248 g/mol. The largest absolute Gasteiger partial charge is 0.315 e. The topological polar surface area (TPSA) is 32.3 Å². The lowest BCUT2D eigenvalue weighted by Gasteiger charge is -2.30. The average Bonchev–Trinajstić information content (AvgIpc) is 2.78. The van der Waals surface area contributed by atoms with Crippen LogP contribution < -0.4 is 10.2 Å². The van der Waals surface area contributed by atoms with Crippen LogP contribution in [0.25, 0.3) is 0 Å². The third kappa shape index (κ3) is 2.88. The van der Waals surface area contributed by atoms with E-state index in [4.69, 9.17) is 0 Å². The molecule has 1 aromatic carbocycles. The molecule has 3 nitrogen and oxygen atoms in total. The molecule has 3 rings (SSSR count). The number of carbonyl (C=O) groups excluding carboxylic acids is 1. The Hall–Kier alpha value is -1.35. The predicted octanol–water partition coefficient (Wildman–Crippen LogP) is 2.88. The molecule has 2 unspecified atom stereocenters. The van der Waals surface area contributed by atoms with Crippen LogP contribution in [-0.4, -0.2) is 25.0 Å². The van der Waals surface area contributed by atoms with Gasteiger partial charge < -0.3 is 10.2 Å². The smallest absolute Gasteiger partial charge is 0.226 e. The molecule has 2 fully saturated rings. The second-order valence-electron chi connectivity index (χ2n) is 6.47. The second kappa shape index (κ2) is 5.57. The number of nitrogens with zero attached hydrogens (tertiary/aromatic N) is 1.